The molecular formula is C12H20N2. The van der Waals surface area contributed by atoms with Gasteiger partial charge in [-0.3, -0.25) is 0 Å². The van der Waals surface area contributed by atoms with Crippen LogP contribution in [0.5, 0.6) is 0 Å². The summed E-state index contributed by atoms with van der Waals surface area (Å²) in [6.07, 6.45) is 5.77. The second kappa shape index (κ2) is 3.34. The number of aromatic amines is 1. The third-order valence-corrected chi connectivity index (χ3v) is 2.67. The first-order valence-corrected chi connectivity index (χ1v) is 5.49. The van der Waals surface area contributed by atoms with Gasteiger partial charge < -0.3 is 10.3 Å². The zero-order chi connectivity index (χ0) is 10.2. The number of H-pyrrole nitrogens is 1. The molecule has 0 fully saturated rings. The lowest BCUT2D eigenvalue weighted by atomic mass is 9.88. The Kier molecular flexibility index (Phi) is 2.30. The van der Waals surface area contributed by atoms with Gasteiger partial charge in [0.1, 0.15) is 0 Å². The molecule has 14 heavy (non-hydrogen) atoms. The van der Waals surface area contributed by atoms with Crippen LogP contribution in [0.3, 0.4) is 0 Å². The van der Waals surface area contributed by atoms with Crippen molar-refractivity contribution >= 4 is 5.69 Å². The first-order valence-electron chi connectivity index (χ1n) is 5.49. The van der Waals surface area contributed by atoms with E-state index in [0.29, 0.717) is 5.41 Å². The minimum atomic E-state index is 0.370. The predicted molar refractivity (Wildman–Crippen MR) is 60.8 cm³/mol. The summed E-state index contributed by atoms with van der Waals surface area (Å²) in [4.78, 5) is 3.39. The molecule has 1 aromatic heterocycles. The van der Waals surface area contributed by atoms with Crippen LogP contribution >= 0.6 is 0 Å². The normalized spacial score (nSPS) is 16.2. The minimum absolute atomic E-state index is 0.370. The van der Waals surface area contributed by atoms with Crippen molar-refractivity contribution in [2.75, 3.05) is 11.9 Å². The fraction of sp³-hybridized carbons (Fsp3) is 0.667. The van der Waals surface area contributed by atoms with Gasteiger partial charge in [-0.25, -0.2) is 0 Å². The van der Waals surface area contributed by atoms with Crippen molar-refractivity contribution in [3.05, 3.63) is 17.5 Å². The molecule has 1 aliphatic heterocycles. The Labute approximate surface area is 86.1 Å². The highest BCUT2D eigenvalue weighted by molar-refractivity contribution is 5.57. The summed E-state index contributed by atoms with van der Waals surface area (Å²) < 4.78 is 0. The quantitative estimate of drug-likeness (QED) is 0.703. The average Bonchev–Trinajstić information content (AvgIpc) is 2.47. The van der Waals surface area contributed by atoms with Crippen molar-refractivity contribution in [2.24, 2.45) is 5.41 Å². The van der Waals surface area contributed by atoms with Crippen molar-refractivity contribution in [3.8, 4) is 0 Å². The van der Waals surface area contributed by atoms with Gasteiger partial charge in [-0.05, 0) is 30.2 Å². The maximum Gasteiger partial charge on any atom is 0.0583 e. The van der Waals surface area contributed by atoms with Crippen molar-refractivity contribution in [1.29, 1.82) is 0 Å². The van der Waals surface area contributed by atoms with Crippen LogP contribution in [-0.4, -0.2) is 11.5 Å². The average molecular weight is 192 g/mol. The van der Waals surface area contributed by atoms with E-state index in [4.69, 9.17) is 0 Å². The van der Waals surface area contributed by atoms with Crippen LogP contribution < -0.4 is 5.32 Å². The third-order valence-electron chi connectivity index (χ3n) is 2.67. The molecule has 78 valence electrons. The zero-order valence-electron chi connectivity index (χ0n) is 9.41. The molecule has 0 amide bonds. The molecule has 0 saturated heterocycles. The molecule has 0 unspecified atom stereocenters. The van der Waals surface area contributed by atoms with Gasteiger partial charge in [0.2, 0.25) is 0 Å². The summed E-state index contributed by atoms with van der Waals surface area (Å²) in [5.41, 5.74) is 4.60. The minimum Gasteiger partial charge on any atom is -0.383 e. The molecule has 1 aliphatic rings. The lowest BCUT2D eigenvalue weighted by Crippen LogP contribution is -2.14. The highest BCUT2D eigenvalue weighted by Crippen LogP contribution is 2.30. The summed E-state index contributed by atoms with van der Waals surface area (Å²) >= 11 is 0. The molecule has 2 heteroatoms. The van der Waals surface area contributed by atoms with E-state index in [0.717, 1.165) is 13.0 Å². The van der Waals surface area contributed by atoms with Gasteiger partial charge in [0.15, 0.2) is 0 Å². The highest BCUT2D eigenvalue weighted by Gasteiger charge is 2.19. The van der Waals surface area contributed by atoms with Gasteiger partial charge in [-0.1, -0.05) is 20.8 Å². The van der Waals surface area contributed by atoms with Crippen LogP contribution in [0.15, 0.2) is 6.20 Å². The number of fused-ring (bicyclic) bond motifs is 1. The smallest absolute Gasteiger partial charge is 0.0583 e. The molecule has 2 heterocycles. The first kappa shape index (κ1) is 9.63. The third kappa shape index (κ3) is 1.94. The van der Waals surface area contributed by atoms with Crippen LogP contribution in [0.4, 0.5) is 5.69 Å². The number of rotatable bonds is 1. The Morgan fingerprint density at radius 3 is 2.86 bits per heavy atom. The fourth-order valence-electron chi connectivity index (χ4n) is 2.12. The number of nitrogens with one attached hydrogen (secondary N) is 2. The SMILES string of the molecule is CC(C)(C)Cc1c[nH]c2c1NCCC2. The lowest BCUT2D eigenvalue weighted by Gasteiger charge is -2.21. The maximum atomic E-state index is 3.50. The number of aromatic nitrogens is 1. The number of anilines is 1. The molecule has 0 radical (unpaired) electrons. The molecule has 0 aliphatic carbocycles. The highest BCUT2D eigenvalue weighted by atomic mass is 14.9. The fourth-order valence-corrected chi connectivity index (χ4v) is 2.12. The van der Waals surface area contributed by atoms with Gasteiger partial charge >= 0.3 is 0 Å². The van der Waals surface area contributed by atoms with Gasteiger partial charge in [0.25, 0.3) is 0 Å². The van der Waals surface area contributed by atoms with E-state index in [1.165, 1.54) is 29.8 Å². The summed E-state index contributed by atoms with van der Waals surface area (Å²) in [5.74, 6) is 0. The maximum absolute atomic E-state index is 3.50. The Balaban J connectivity index is 2.22. The summed E-state index contributed by atoms with van der Waals surface area (Å²) in [6.45, 7) is 7.99. The van der Waals surface area contributed by atoms with Gasteiger partial charge in [0, 0.05) is 18.4 Å². The largest absolute Gasteiger partial charge is 0.383 e. The van der Waals surface area contributed by atoms with E-state index in [1.807, 2.05) is 0 Å². The van der Waals surface area contributed by atoms with E-state index < -0.39 is 0 Å². The van der Waals surface area contributed by atoms with Crippen LogP contribution in [0.2, 0.25) is 0 Å². The van der Waals surface area contributed by atoms with Gasteiger partial charge in [-0.15, -0.1) is 0 Å². The molecule has 0 aromatic carbocycles. The number of hydrogen-bond acceptors (Lipinski definition) is 1. The van der Waals surface area contributed by atoms with Gasteiger partial charge in [0.05, 0.1) is 5.69 Å². The second-order valence-electron chi connectivity index (χ2n) is 5.44. The number of aryl methyl sites for hydroxylation is 1. The van der Waals surface area contributed by atoms with Crippen LogP contribution in [-0.2, 0) is 12.8 Å². The van der Waals surface area contributed by atoms with Crippen molar-refractivity contribution in [3.63, 3.8) is 0 Å². The standard InChI is InChI=1S/C12H20N2/c1-12(2,3)7-9-8-14-10-5-4-6-13-11(9)10/h8,13-14H,4-7H2,1-3H3. The predicted octanol–water partition coefficient (Wildman–Crippen LogP) is 2.96. The monoisotopic (exact) mass is 192 g/mol. The van der Waals surface area contributed by atoms with E-state index >= 15 is 0 Å². The van der Waals surface area contributed by atoms with Crippen molar-refractivity contribution in [1.82, 2.24) is 4.98 Å². The van der Waals surface area contributed by atoms with Crippen LogP contribution in [0.25, 0.3) is 0 Å². The Morgan fingerprint density at radius 1 is 1.36 bits per heavy atom. The van der Waals surface area contributed by atoms with E-state index in [1.54, 1.807) is 0 Å². The Hall–Kier alpha value is -0.920. The molecule has 0 atom stereocenters. The lowest BCUT2D eigenvalue weighted by molar-refractivity contribution is 0.412. The molecule has 2 nitrogen and oxygen atoms in total. The second-order valence-corrected chi connectivity index (χ2v) is 5.44. The molecule has 0 saturated carbocycles. The summed E-state index contributed by atoms with van der Waals surface area (Å²) in [6, 6.07) is 0. The van der Waals surface area contributed by atoms with Crippen molar-refractivity contribution < 1.29 is 0 Å². The molecule has 1 aromatic rings. The number of hydrogen-bond donors (Lipinski definition) is 2. The topological polar surface area (TPSA) is 27.8 Å². The summed E-state index contributed by atoms with van der Waals surface area (Å²) in [7, 11) is 0. The molecule has 2 N–H and O–H groups in total. The first-order chi connectivity index (χ1) is 6.56. The molecular weight excluding hydrogens is 172 g/mol. The summed E-state index contributed by atoms with van der Waals surface area (Å²) in [5, 5.41) is 3.50. The van der Waals surface area contributed by atoms with Crippen LogP contribution in [0, 0.1) is 5.41 Å². The van der Waals surface area contributed by atoms with Crippen molar-refractivity contribution in [2.45, 2.75) is 40.0 Å². The Morgan fingerprint density at radius 2 is 2.14 bits per heavy atom. The van der Waals surface area contributed by atoms with E-state index in [2.05, 4.69) is 37.3 Å². The van der Waals surface area contributed by atoms with E-state index in [-0.39, 0.29) is 0 Å². The molecule has 2 rings (SSSR count). The van der Waals surface area contributed by atoms with Crippen LogP contribution in [0.1, 0.15) is 38.4 Å². The molecule has 0 bridgehead atoms. The molecule has 0 spiro atoms. The zero-order valence-corrected chi connectivity index (χ0v) is 9.41. The van der Waals surface area contributed by atoms with E-state index in [9.17, 15) is 0 Å². The van der Waals surface area contributed by atoms with Gasteiger partial charge in [-0.2, -0.15) is 0 Å². The Bertz CT molecular complexity index is 318.